The molecule has 2 aromatic heterocycles. The largest absolute Gasteiger partial charge is 0.296 e. The van der Waals surface area contributed by atoms with Gasteiger partial charge in [0.05, 0.1) is 0 Å². The van der Waals surface area contributed by atoms with Crippen LogP contribution in [0.15, 0.2) is 59.7 Å². The molecule has 0 atom stereocenters. The Labute approximate surface area is 116 Å². The second-order valence-electron chi connectivity index (χ2n) is 4.79. The van der Waals surface area contributed by atoms with Gasteiger partial charge in [0.25, 0.3) is 5.56 Å². The summed E-state index contributed by atoms with van der Waals surface area (Å²) in [7, 11) is 0. The lowest BCUT2D eigenvalue weighted by Crippen LogP contribution is -2.18. The van der Waals surface area contributed by atoms with Crippen molar-refractivity contribution in [1.82, 2.24) is 14.8 Å². The van der Waals surface area contributed by atoms with E-state index in [0.29, 0.717) is 12.2 Å². The first-order valence-corrected chi connectivity index (χ1v) is 6.50. The highest BCUT2D eigenvalue weighted by Crippen LogP contribution is 2.08. The summed E-state index contributed by atoms with van der Waals surface area (Å²) >= 11 is 0. The zero-order valence-corrected chi connectivity index (χ0v) is 11.2. The van der Waals surface area contributed by atoms with E-state index >= 15 is 0 Å². The molecule has 0 unspecified atom stereocenters. The van der Waals surface area contributed by atoms with Crippen molar-refractivity contribution < 1.29 is 0 Å². The molecule has 0 saturated carbocycles. The summed E-state index contributed by atoms with van der Waals surface area (Å²) in [4.78, 5) is 16.5. The van der Waals surface area contributed by atoms with Gasteiger partial charge in [-0.2, -0.15) is 0 Å². The van der Waals surface area contributed by atoms with Crippen molar-refractivity contribution >= 4 is 0 Å². The minimum atomic E-state index is -0.0516. The third kappa shape index (κ3) is 2.40. The third-order valence-corrected chi connectivity index (χ3v) is 3.24. The SMILES string of the molecule is Cc1ccc(Cc2c[nH]n(-c3ccccn3)c2=O)cc1. The number of nitrogens with zero attached hydrogens (tertiary/aromatic N) is 2. The molecular weight excluding hydrogens is 250 g/mol. The van der Waals surface area contributed by atoms with Crippen LogP contribution in [-0.2, 0) is 6.42 Å². The quantitative estimate of drug-likeness (QED) is 0.791. The van der Waals surface area contributed by atoms with Gasteiger partial charge in [-0.3, -0.25) is 9.89 Å². The number of aromatic amines is 1. The number of hydrogen-bond acceptors (Lipinski definition) is 2. The maximum Gasteiger partial charge on any atom is 0.276 e. The molecule has 1 N–H and O–H groups in total. The molecule has 0 spiro atoms. The van der Waals surface area contributed by atoms with Crippen LogP contribution >= 0.6 is 0 Å². The Morgan fingerprint density at radius 2 is 1.95 bits per heavy atom. The van der Waals surface area contributed by atoms with Crippen LogP contribution in [0.2, 0.25) is 0 Å². The van der Waals surface area contributed by atoms with E-state index in [1.807, 2.05) is 31.2 Å². The average molecular weight is 265 g/mol. The van der Waals surface area contributed by atoms with Crippen LogP contribution in [-0.4, -0.2) is 14.8 Å². The van der Waals surface area contributed by atoms with Gasteiger partial charge < -0.3 is 0 Å². The molecule has 0 aliphatic rings. The van der Waals surface area contributed by atoms with Crippen molar-refractivity contribution in [3.63, 3.8) is 0 Å². The molecule has 1 aromatic carbocycles. The molecule has 3 rings (SSSR count). The van der Waals surface area contributed by atoms with E-state index in [4.69, 9.17) is 0 Å². The zero-order chi connectivity index (χ0) is 13.9. The maximum atomic E-state index is 12.3. The number of benzene rings is 1. The van der Waals surface area contributed by atoms with Gasteiger partial charge in [0.2, 0.25) is 0 Å². The molecule has 0 aliphatic heterocycles. The average Bonchev–Trinajstić information content (AvgIpc) is 2.84. The molecule has 0 saturated heterocycles. The molecule has 0 radical (unpaired) electrons. The first-order valence-electron chi connectivity index (χ1n) is 6.50. The van der Waals surface area contributed by atoms with Crippen LogP contribution < -0.4 is 5.56 Å². The molecular formula is C16H15N3O. The highest BCUT2D eigenvalue weighted by atomic mass is 16.1. The van der Waals surface area contributed by atoms with Crippen molar-refractivity contribution in [2.75, 3.05) is 0 Å². The predicted molar refractivity (Wildman–Crippen MR) is 78.2 cm³/mol. The molecule has 4 nitrogen and oxygen atoms in total. The number of nitrogens with one attached hydrogen (secondary N) is 1. The number of rotatable bonds is 3. The smallest absolute Gasteiger partial charge is 0.276 e. The van der Waals surface area contributed by atoms with Gasteiger partial charge in [0, 0.05) is 24.4 Å². The van der Waals surface area contributed by atoms with E-state index in [0.717, 1.165) is 11.1 Å². The molecule has 20 heavy (non-hydrogen) atoms. The summed E-state index contributed by atoms with van der Waals surface area (Å²) in [5, 5.41) is 2.96. The lowest BCUT2D eigenvalue weighted by molar-refractivity contribution is 0.817. The van der Waals surface area contributed by atoms with Gasteiger partial charge in [-0.15, -0.1) is 0 Å². The molecule has 0 fully saturated rings. The monoisotopic (exact) mass is 265 g/mol. The lowest BCUT2D eigenvalue weighted by Gasteiger charge is -1.99. The summed E-state index contributed by atoms with van der Waals surface area (Å²) in [5.74, 6) is 0.604. The number of aryl methyl sites for hydroxylation is 1. The van der Waals surface area contributed by atoms with E-state index < -0.39 is 0 Å². The van der Waals surface area contributed by atoms with Crippen molar-refractivity contribution in [3.8, 4) is 5.82 Å². The summed E-state index contributed by atoms with van der Waals surface area (Å²) < 4.78 is 1.46. The van der Waals surface area contributed by atoms with Gasteiger partial charge in [-0.05, 0) is 24.6 Å². The van der Waals surface area contributed by atoms with Gasteiger partial charge in [-0.1, -0.05) is 35.9 Å². The van der Waals surface area contributed by atoms with Crippen molar-refractivity contribution in [2.24, 2.45) is 0 Å². The van der Waals surface area contributed by atoms with Crippen molar-refractivity contribution in [2.45, 2.75) is 13.3 Å². The van der Waals surface area contributed by atoms with Gasteiger partial charge in [-0.25, -0.2) is 9.67 Å². The highest BCUT2D eigenvalue weighted by molar-refractivity contribution is 5.28. The summed E-state index contributed by atoms with van der Waals surface area (Å²) in [6, 6.07) is 13.7. The van der Waals surface area contributed by atoms with Crippen LogP contribution in [0.25, 0.3) is 5.82 Å². The number of H-pyrrole nitrogens is 1. The van der Waals surface area contributed by atoms with Gasteiger partial charge >= 0.3 is 0 Å². The van der Waals surface area contributed by atoms with Crippen LogP contribution in [0, 0.1) is 6.92 Å². The summed E-state index contributed by atoms with van der Waals surface area (Å²) in [6.45, 7) is 2.05. The molecule has 3 aromatic rings. The number of aromatic nitrogens is 3. The van der Waals surface area contributed by atoms with Crippen LogP contribution in [0.4, 0.5) is 0 Å². The Balaban J connectivity index is 1.91. The van der Waals surface area contributed by atoms with Crippen LogP contribution in [0.1, 0.15) is 16.7 Å². The third-order valence-electron chi connectivity index (χ3n) is 3.24. The normalized spacial score (nSPS) is 10.7. The Bertz CT molecular complexity index is 754. The van der Waals surface area contributed by atoms with Gasteiger partial charge in [0.1, 0.15) is 0 Å². The topological polar surface area (TPSA) is 50.7 Å². The fourth-order valence-electron chi connectivity index (χ4n) is 2.12. The second kappa shape index (κ2) is 5.17. The minimum Gasteiger partial charge on any atom is -0.296 e. The fourth-order valence-corrected chi connectivity index (χ4v) is 2.12. The van der Waals surface area contributed by atoms with E-state index in [1.165, 1.54) is 10.2 Å². The minimum absolute atomic E-state index is 0.0516. The Kier molecular flexibility index (Phi) is 3.21. The molecule has 100 valence electrons. The van der Waals surface area contributed by atoms with Crippen molar-refractivity contribution in [3.05, 3.63) is 81.9 Å². The summed E-state index contributed by atoms with van der Waals surface area (Å²) in [6.07, 6.45) is 4.04. The number of pyridine rings is 1. The van der Waals surface area contributed by atoms with Crippen LogP contribution in [0.5, 0.6) is 0 Å². The van der Waals surface area contributed by atoms with E-state index in [1.54, 1.807) is 18.5 Å². The molecule has 4 heteroatoms. The molecule has 2 heterocycles. The first kappa shape index (κ1) is 12.4. The standard InChI is InChI=1S/C16H15N3O/c1-12-5-7-13(8-6-12)10-14-11-18-19(16(14)20)15-4-2-3-9-17-15/h2-9,11,18H,10H2,1H3. The summed E-state index contributed by atoms with van der Waals surface area (Å²) in [5.41, 5.74) is 3.03. The highest BCUT2D eigenvalue weighted by Gasteiger charge is 2.08. The van der Waals surface area contributed by atoms with Gasteiger partial charge in [0.15, 0.2) is 5.82 Å². The zero-order valence-electron chi connectivity index (χ0n) is 11.2. The molecule has 0 bridgehead atoms. The second-order valence-corrected chi connectivity index (χ2v) is 4.79. The molecule has 0 aliphatic carbocycles. The van der Waals surface area contributed by atoms with E-state index in [-0.39, 0.29) is 5.56 Å². The van der Waals surface area contributed by atoms with Crippen molar-refractivity contribution in [1.29, 1.82) is 0 Å². The Morgan fingerprint density at radius 3 is 2.65 bits per heavy atom. The molecule has 0 amide bonds. The fraction of sp³-hybridized carbons (Fsp3) is 0.125. The van der Waals surface area contributed by atoms with E-state index in [9.17, 15) is 4.79 Å². The van der Waals surface area contributed by atoms with E-state index in [2.05, 4.69) is 22.2 Å². The Morgan fingerprint density at radius 1 is 1.15 bits per heavy atom. The first-order chi connectivity index (χ1) is 9.74. The predicted octanol–water partition coefficient (Wildman–Crippen LogP) is 2.46. The number of hydrogen-bond donors (Lipinski definition) is 1. The lowest BCUT2D eigenvalue weighted by atomic mass is 10.1. The maximum absolute atomic E-state index is 12.3. The van der Waals surface area contributed by atoms with Crippen LogP contribution in [0.3, 0.4) is 0 Å². The Hall–Kier alpha value is -2.62.